The second-order valence-electron chi connectivity index (χ2n) is 5.19. The SMILES string of the molecule is CNCc1ccc(C=NNc2ccc(-c3cnco3)cc2)cc1I. The maximum absolute atomic E-state index is 5.27. The van der Waals surface area contributed by atoms with Crippen LogP contribution in [0.2, 0.25) is 0 Å². The van der Waals surface area contributed by atoms with E-state index in [1.54, 1.807) is 6.20 Å². The average molecular weight is 432 g/mol. The molecule has 0 aliphatic rings. The monoisotopic (exact) mass is 432 g/mol. The van der Waals surface area contributed by atoms with Crippen LogP contribution in [0.4, 0.5) is 5.69 Å². The van der Waals surface area contributed by atoms with Crippen LogP contribution in [0.15, 0.2) is 64.6 Å². The lowest BCUT2D eigenvalue weighted by Crippen LogP contribution is -2.06. The number of hydrazone groups is 1. The first kappa shape index (κ1) is 16.7. The molecule has 1 heterocycles. The smallest absolute Gasteiger partial charge is 0.181 e. The van der Waals surface area contributed by atoms with Gasteiger partial charge in [-0.15, -0.1) is 0 Å². The fraction of sp³-hybridized carbons (Fsp3) is 0.111. The number of aromatic nitrogens is 1. The highest BCUT2D eigenvalue weighted by atomic mass is 127. The minimum Gasteiger partial charge on any atom is -0.444 e. The predicted molar refractivity (Wildman–Crippen MR) is 105 cm³/mol. The fourth-order valence-electron chi connectivity index (χ4n) is 2.23. The molecule has 2 N–H and O–H groups in total. The molecule has 0 atom stereocenters. The van der Waals surface area contributed by atoms with E-state index in [4.69, 9.17) is 4.42 Å². The molecule has 122 valence electrons. The van der Waals surface area contributed by atoms with Crippen LogP contribution in [-0.2, 0) is 6.54 Å². The van der Waals surface area contributed by atoms with Gasteiger partial charge in [0, 0.05) is 15.7 Å². The van der Waals surface area contributed by atoms with E-state index >= 15 is 0 Å². The normalized spacial score (nSPS) is 11.1. The van der Waals surface area contributed by atoms with E-state index in [0.717, 1.165) is 29.1 Å². The van der Waals surface area contributed by atoms with Crippen LogP contribution in [0.1, 0.15) is 11.1 Å². The van der Waals surface area contributed by atoms with Crippen molar-refractivity contribution in [2.24, 2.45) is 5.10 Å². The Kier molecular flexibility index (Phi) is 5.60. The minimum absolute atomic E-state index is 0.751. The highest BCUT2D eigenvalue weighted by molar-refractivity contribution is 14.1. The van der Waals surface area contributed by atoms with Crippen molar-refractivity contribution < 1.29 is 4.42 Å². The Labute approximate surface area is 154 Å². The molecule has 6 heteroatoms. The molecule has 0 unspecified atom stereocenters. The number of anilines is 1. The van der Waals surface area contributed by atoms with Gasteiger partial charge in [-0.1, -0.05) is 12.1 Å². The van der Waals surface area contributed by atoms with E-state index in [2.05, 4.69) is 61.6 Å². The first-order valence-electron chi connectivity index (χ1n) is 7.47. The molecule has 3 aromatic rings. The third kappa shape index (κ3) is 4.21. The van der Waals surface area contributed by atoms with E-state index in [-0.39, 0.29) is 0 Å². The van der Waals surface area contributed by atoms with Gasteiger partial charge in [-0.2, -0.15) is 5.10 Å². The summed E-state index contributed by atoms with van der Waals surface area (Å²) in [6.45, 7) is 0.867. The summed E-state index contributed by atoms with van der Waals surface area (Å²) in [5.41, 5.74) is 7.27. The molecule has 24 heavy (non-hydrogen) atoms. The second kappa shape index (κ2) is 8.07. The van der Waals surface area contributed by atoms with Gasteiger partial charge in [0.2, 0.25) is 0 Å². The molecular weight excluding hydrogens is 415 g/mol. The summed E-state index contributed by atoms with van der Waals surface area (Å²) in [6.07, 6.45) is 4.94. The molecule has 0 amide bonds. The van der Waals surface area contributed by atoms with Gasteiger partial charge in [0.15, 0.2) is 12.2 Å². The van der Waals surface area contributed by atoms with Crippen LogP contribution in [0, 0.1) is 3.57 Å². The largest absolute Gasteiger partial charge is 0.444 e. The van der Waals surface area contributed by atoms with Gasteiger partial charge < -0.3 is 9.73 Å². The zero-order chi connectivity index (χ0) is 16.8. The number of nitrogens with zero attached hydrogens (tertiary/aromatic N) is 2. The molecule has 3 rings (SSSR count). The zero-order valence-electron chi connectivity index (χ0n) is 13.2. The Balaban J connectivity index is 1.63. The number of nitrogens with one attached hydrogen (secondary N) is 2. The highest BCUT2D eigenvalue weighted by Crippen LogP contribution is 2.20. The van der Waals surface area contributed by atoms with E-state index in [0.29, 0.717) is 0 Å². The van der Waals surface area contributed by atoms with Gasteiger partial charge in [0.1, 0.15) is 0 Å². The topological polar surface area (TPSA) is 62.5 Å². The summed E-state index contributed by atoms with van der Waals surface area (Å²) in [5.74, 6) is 0.751. The molecule has 1 aromatic heterocycles. The van der Waals surface area contributed by atoms with E-state index in [1.165, 1.54) is 15.5 Å². The molecular formula is C18H17IN4O. The third-order valence-corrected chi connectivity index (χ3v) is 4.46. The van der Waals surface area contributed by atoms with Gasteiger partial charge in [0.25, 0.3) is 0 Å². The van der Waals surface area contributed by atoms with E-state index in [1.807, 2.05) is 37.5 Å². The second-order valence-corrected chi connectivity index (χ2v) is 6.36. The van der Waals surface area contributed by atoms with E-state index in [9.17, 15) is 0 Å². The summed E-state index contributed by atoms with van der Waals surface area (Å²) in [6, 6.07) is 14.1. The average Bonchev–Trinajstić information content (AvgIpc) is 3.13. The lowest BCUT2D eigenvalue weighted by molar-refractivity contribution is 0.572. The van der Waals surface area contributed by atoms with Crippen LogP contribution >= 0.6 is 22.6 Å². The van der Waals surface area contributed by atoms with Crippen molar-refractivity contribution in [1.82, 2.24) is 10.3 Å². The van der Waals surface area contributed by atoms with E-state index < -0.39 is 0 Å². The summed E-state index contributed by atoms with van der Waals surface area (Å²) in [4.78, 5) is 3.92. The number of oxazole rings is 1. The Hall–Kier alpha value is -2.19. The van der Waals surface area contributed by atoms with Gasteiger partial charge in [-0.25, -0.2) is 4.98 Å². The summed E-state index contributed by atoms with van der Waals surface area (Å²) in [5, 5.41) is 7.45. The number of hydrogen-bond donors (Lipinski definition) is 2. The Bertz CT molecular complexity index is 814. The Morgan fingerprint density at radius 2 is 2.04 bits per heavy atom. The lowest BCUT2D eigenvalue weighted by Gasteiger charge is -2.05. The van der Waals surface area contributed by atoms with Crippen molar-refractivity contribution in [2.75, 3.05) is 12.5 Å². The zero-order valence-corrected chi connectivity index (χ0v) is 15.3. The van der Waals surface area contributed by atoms with Crippen LogP contribution in [0.5, 0.6) is 0 Å². The first-order chi connectivity index (χ1) is 11.8. The molecule has 5 nitrogen and oxygen atoms in total. The molecule has 0 spiro atoms. The van der Waals surface area contributed by atoms with Crippen LogP contribution in [-0.4, -0.2) is 18.2 Å². The number of rotatable bonds is 6. The van der Waals surface area contributed by atoms with Crippen molar-refractivity contribution in [2.45, 2.75) is 6.54 Å². The molecule has 0 fully saturated rings. The van der Waals surface area contributed by atoms with Crippen LogP contribution in [0.3, 0.4) is 0 Å². The maximum atomic E-state index is 5.27. The third-order valence-electron chi connectivity index (χ3n) is 3.45. The summed E-state index contributed by atoms with van der Waals surface area (Å²) < 4.78 is 6.49. The summed E-state index contributed by atoms with van der Waals surface area (Å²) in [7, 11) is 1.95. The maximum Gasteiger partial charge on any atom is 0.181 e. The van der Waals surface area contributed by atoms with Crippen molar-refractivity contribution >= 4 is 34.5 Å². The van der Waals surface area contributed by atoms with Crippen LogP contribution in [0.25, 0.3) is 11.3 Å². The molecule has 0 aliphatic carbocycles. The highest BCUT2D eigenvalue weighted by Gasteiger charge is 2.01. The standard InChI is InChI=1S/C18H17IN4O/c1-20-10-15-3-2-13(8-17(15)19)9-22-23-16-6-4-14(5-7-16)18-11-21-12-24-18/h2-9,11-12,20,23H,10H2,1H3. The number of benzene rings is 2. The lowest BCUT2D eigenvalue weighted by atomic mass is 10.1. The number of halogens is 1. The number of hydrogen-bond acceptors (Lipinski definition) is 5. The molecule has 0 saturated carbocycles. The molecule has 0 saturated heterocycles. The van der Waals surface area contributed by atoms with Gasteiger partial charge in [-0.3, -0.25) is 5.43 Å². The first-order valence-corrected chi connectivity index (χ1v) is 8.55. The van der Waals surface area contributed by atoms with Crippen molar-refractivity contribution in [3.63, 3.8) is 0 Å². The van der Waals surface area contributed by atoms with Crippen molar-refractivity contribution in [3.05, 3.63) is 69.8 Å². The van der Waals surface area contributed by atoms with Gasteiger partial charge in [0.05, 0.1) is 18.1 Å². The van der Waals surface area contributed by atoms with Gasteiger partial charge in [-0.05, 0) is 71.1 Å². The van der Waals surface area contributed by atoms with Gasteiger partial charge >= 0.3 is 0 Å². The molecule has 0 radical (unpaired) electrons. The Morgan fingerprint density at radius 1 is 1.21 bits per heavy atom. The summed E-state index contributed by atoms with van der Waals surface area (Å²) >= 11 is 2.35. The van der Waals surface area contributed by atoms with Crippen molar-refractivity contribution in [1.29, 1.82) is 0 Å². The minimum atomic E-state index is 0.751. The molecule has 2 aromatic carbocycles. The van der Waals surface area contributed by atoms with Crippen molar-refractivity contribution in [3.8, 4) is 11.3 Å². The fourth-order valence-corrected chi connectivity index (χ4v) is 2.96. The van der Waals surface area contributed by atoms with Crippen LogP contribution < -0.4 is 10.7 Å². The Morgan fingerprint density at radius 3 is 2.71 bits per heavy atom. The quantitative estimate of drug-likeness (QED) is 0.350. The predicted octanol–water partition coefficient (Wildman–Crippen LogP) is 4.11. The molecule has 0 aliphatic heterocycles. The molecule has 0 bridgehead atoms.